The minimum absolute atomic E-state index is 0.168. The van der Waals surface area contributed by atoms with Gasteiger partial charge in [0.1, 0.15) is 0 Å². The number of hydrogen-bond acceptors (Lipinski definition) is 3. The predicted octanol–water partition coefficient (Wildman–Crippen LogP) is 1.52. The summed E-state index contributed by atoms with van der Waals surface area (Å²) in [5.41, 5.74) is -1.91. The van der Waals surface area contributed by atoms with E-state index in [0.29, 0.717) is 6.42 Å². The van der Waals surface area contributed by atoms with Gasteiger partial charge in [-0.3, -0.25) is 14.3 Å². The van der Waals surface area contributed by atoms with Crippen LogP contribution in [0.2, 0.25) is 0 Å². The minimum Gasteiger partial charge on any atom is -0.492 e. The molecular weight excluding hydrogens is 239 g/mol. The van der Waals surface area contributed by atoms with Gasteiger partial charge in [0.2, 0.25) is 11.7 Å². The Morgan fingerprint density at radius 2 is 1.94 bits per heavy atom. The van der Waals surface area contributed by atoms with Crippen molar-refractivity contribution in [3.63, 3.8) is 0 Å². The highest BCUT2D eigenvalue weighted by Gasteiger charge is 2.26. The van der Waals surface area contributed by atoms with Gasteiger partial charge in [-0.1, -0.05) is 26.2 Å². The summed E-state index contributed by atoms with van der Waals surface area (Å²) in [6.07, 6.45) is 4.71. The van der Waals surface area contributed by atoms with Crippen molar-refractivity contribution < 1.29 is 9.50 Å². The van der Waals surface area contributed by atoms with Crippen LogP contribution in [0, 0.1) is 11.7 Å². The lowest BCUT2D eigenvalue weighted by Gasteiger charge is -2.24. The molecule has 18 heavy (non-hydrogen) atoms. The molecule has 1 aromatic heterocycles. The van der Waals surface area contributed by atoms with Crippen LogP contribution in [0.4, 0.5) is 4.39 Å². The summed E-state index contributed by atoms with van der Waals surface area (Å²) < 4.78 is 14.4. The minimum atomic E-state index is -1.29. The Morgan fingerprint density at radius 1 is 1.28 bits per heavy atom. The van der Waals surface area contributed by atoms with Crippen LogP contribution in [-0.4, -0.2) is 14.7 Å². The highest BCUT2D eigenvalue weighted by atomic mass is 19.1. The maximum Gasteiger partial charge on any atom is 0.331 e. The molecular formula is C12H17FN2O3. The molecule has 6 heteroatoms. The molecule has 1 aliphatic carbocycles. The first-order valence-electron chi connectivity index (χ1n) is 6.25. The Bertz CT molecular complexity index is 549. The molecule has 1 fully saturated rings. The highest BCUT2D eigenvalue weighted by Crippen LogP contribution is 2.33. The van der Waals surface area contributed by atoms with E-state index < -0.39 is 22.9 Å². The molecule has 0 aliphatic heterocycles. The molecule has 0 aromatic carbocycles. The van der Waals surface area contributed by atoms with Gasteiger partial charge in [-0.25, -0.2) is 4.79 Å². The van der Waals surface area contributed by atoms with Gasteiger partial charge in [0.05, 0.1) is 0 Å². The number of aromatic hydroxyl groups is 1. The molecule has 2 N–H and O–H groups in total. The van der Waals surface area contributed by atoms with E-state index in [-0.39, 0.29) is 12.0 Å². The molecule has 1 aromatic rings. The Balaban J connectivity index is 2.53. The summed E-state index contributed by atoms with van der Waals surface area (Å²) in [5.74, 6) is -1.96. The van der Waals surface area contributed by atoms with E-state index in [0.717, 1.165) is 30.3 Å². The Kier molecular flexibility index (Phi) is 3.54. The Hall–Kier alpha value is -1.59. The molecule has 1 heterocycles. The lowest BCUT2D eigenvalue weighted by atomic mass is 9.97. The zero-order valence-corrected chi connectivity index (χ0v) is 10.3. The lowest BCUT2D eigenvalue weighted by molar-refractivity contribution is 0.268. The number of nitrogens with zero attached hydrogens (tertiary/aromatic N) is 1. The molecule has 0 spiro atoms. The summed E-state index contributed by atoms with van der Waals surface area (Å²) in [7, 11) is 0. The van der Waals surface area contributed by atoms with Crippen LogP contribution in [0.15, 0.2) is 9.59 Å². The van der Waals surface area contributed by atoms with Crippen LogP contribution < -0.4 is 11.2 Å². The molecule has 2 rings (SSSR count). The zero-order chi connectivity index (χ0) is 13.3. The third kappa shape index (κ3) is 2.19. The van der Waals surface area contributed by atoms with E-state index in [4.69, 9.17) is 0 Å². The van der Waals surface area contributed by atoms with Crippen molar-refractivity contribution in [1.29, 1.82) is 0 Å². The third-order valence-corrected chi connectivity index (χ3v) is 3.71. The monoisotopic (exact) mass is 256 g/mol. The molecule has 1 saturated carbocycles. The first kappa shape index (κ1) is 12.9. The second kappa shape index (κ2) is 4.96. The van der Waals surface area contributed by atoms with Crippen LogP contribution in [0.25, 0.3) is 0 Å². The summed E-state index contributed by atoms with van der Waals surface area (Å²) >= 11 is 0. The third-order valence-electron chi connectivity index (χ3n) is 3.71. The first-order valence-corrected chi connectivity index (χ1v) is 6.25. The smallest absolute Gasteiger partial charge is 0.331 e. The summed E-state index contributed by atoms with van der Waals surface area (Å²) in [4.78, 5) is 24.7. The van der Waals surface area contributed by atoms with Gasteiger partial charge in [0.15, 0.2) is 0 Å². The molecule has 0 saturated heterocycles. The summed E-state index contributed by atoms with van der Waals surface area (Å²) in [6, 6.07) is -0.258. The van der Waals surface area contributed by atoms with E-state index in [1.165, 1.54) is 0 Å². The van der Waals surface area contributed by atoms with E-state index in [1.54, 1.807) is 0 Å². The first-order chi connectivity index (χ1) is 8.52. The molecule has 100 valence electrons. The molecule has 1 aliphatic rings. The van der Waals surface area contributed by atoms with Crippen molar-refractivity contribution >= 4 is 0 Å². The van der Waals surface area contributed by atoms with Gasteiger partial charge in [0, 0.05) is 6.04 Å². The van der Waals surface area contributed by atoms with Crippen molar-refractivity contribution in [2.45, 2.75) is 45.1 Å². The number of H-pyrrole nitrogens is 1. The van der Waals surface area contributed by atoms with Crippen molar-refractivity contribution in [1.82, 2.24) is 9.55 Å². The van der Waals surface area contributed by atoms with Gasteiger partial charge < -0.3 is 5.11 Å². The van der Waals surface area contributed by atoms with E-state index in [2.05, 4.69) is 0 Å². The largest absolute Gasteiger partial charge is 0.492 e. The van der Waals surface area contributed by atoms with E-state index >= 15 is 0 Å². The Morgan fingerprint density at radius 3 is 2.67 bits per heavy atom. The van der Waals surface area contributed by atoms with Crippen molar-refractivity contribution in [2.75, 3.05) is 0 Å². The number of aromatic nitrogens is 2. The number of nitrogens with one attached hydrogen (secondary N) is 1. The van der Waals surface area contributed by atoms with Crippen molar-refractivity contribution in [3.8, 4) is 5.88 Å². The second-order valence-electron chi connectivity index (χ2n) is 4.95. The maximum atomic E-state index is 13.4. The zero-order valence-electron chi connectivity index (χ0n) is 10.3. The van der Waals surface area contributed by atoms with Crippen LogP contribution in [0.1, 0.15) is 45.1 Å². The normalized spacial score (nSPS) is 24.8. The van der Waals surface area contributed by atoms with Gasteiger partial charge in [-0.2, -0.15) is 4.39 Å². The van der Waals surface area contributed by atoms with E-state index in [9.17, 15) is 19.1 Å². The van der Waals surface area contributed by atoms with Crippen molar-refractivity contribution in [2.24, 2.45) is 5.92 Å². The summed E-state index contributed by atoms with van der Waals surface area (Å²) in [5, 5.41) is 9.69. The molecule has 2 unspecified atom stereocenters. The van der Waals surface area contributed by atoms with Crippen LogP contribution in [0.5, 0.6) is 5.88 Å². The van der Waals surface area contributed by atoms with Gasteiger partial charge in [-0.05, 0) is 18.8 Å². The summed E-state index contributed by atoms with van der Waals surface area (Å²) in [6.45, 7) is 1.98. The number of aromatic amines is 1. The maximum absolute atomic E-state index is 13.4. The quantitative estimate of drug-likeness (QED) is 0.748. The topological polar surface area (TPSA) is 75.1 Å². The molecule has 0 bridgehead atoms. The van der Waals surface area contributed by atoms with Crippen LogP contribution >= 0.6 is 0 Å². The lowest BCUT2D eigenvalue weighted by Crippen LogP contribution is -2.36. The SMILES string of the molecule is CC1CCCCCC1n1c(O)c(F)c(=O)[nH]c1=O. The predicted molar refractivity (Wildman–Crippen MR) is 64.2 cm³/mol. The number of hydrogen-bond donors (Lipinski definition) is 2. The average Bonchev–Trinajstić information content (AvgIpc) is 2.52. The Labute approximate surface area is 103 Å². The fourth-order valence-corrected chi connectivity index (χ4v) is 2.68. The molecule has 0 radical (unpaired) electrons. The highest BCUT2D eigenvalue weighted by molar-refractivity contribution is 5.11. The van der Waals surface area contributed by atoms with Gasteiger partial charge >= 0.3 is 5.69 Å². The van der Waals surface area contributed by atoms with Crippen molar-refractivity contribution in [3.05, 3.63) is 26.7 Å². The van der Waals surface area contributed by atoms with Gasteiger partial charge in [-0.15, -0.1) is 0 Å². The fraction of sp³-hybridized carbons (Fsp3) is 0.667. The molecule has 5 nitrogen and oxygen atoms in total. The standard InChI is InChI=1S/C12H17FN2O3/c1-7-5-3-2-4-6-8(7)15-11(17)9(13)10(16)14-12(15)18/h7-8,17H,2-6H2,1H3,(H,14,16,18). The van der Waals surface area contributed by atoms with Crippen LogP contribution in [0.3, 0.4) is 0 Å². The van der Waals surface area contributed by atoms with E-state index in [1.807, 2.05) is 11.9 Å². The second-order valence-corrected chi connectivity index (χ2v) is 4.95. The van der Waals surface area contributed by atoms with Gasteiger partial charge in [0.25, 0.3) is 5.56 Å². The average molecular weight is 256 g/mol. The molecule has 2 atom stereocenters. The number of halogens is 1. The number of rotatable bonds is 1. The molecule has 0 amide bonds. The fourth-order valence-electron chi connectivity index (χ4n) is 2.68. The van der Waals surface area contributed by atoms with Crippen LogP contribution in [-0.2, 0) is 0 Å².